The Hall–Kier alpha value is -2.85. The number of benzene rings is 2. The summed E-state index contributed by atoms with van der Waals surface area (Å²) < 4.78 is 28.9. The highest BCUT2D eigenvalue weighted by molar-refractivity contribution is 5.78. The Balaban J connectivity index is 1.45. The molecule has 2 aliphatic rings. The molecule has 238 valence electrons. The van der Waals surface area contributed by atoms with Crippen molar-refractivity contribution in [2.45, 2.75) is 63.7 Å². The van der Waals surface area contributed by atoms with Gasteiger partial charge in [0.15, 0.2) is 0 Å². The van der Waals surface area contributed by atoms with Crippen LogP contribution in [0.3, 0.4) is 0 Å². The van der Waals surface area contributed by atoms with Crippen molar-refractivity contribution in [2.75, 3.05) is 72.2 Å². The molecule has 1 fully saturated rings. The van der Waals surface area contributed by atoms with Crippen molar-refractivity contribution in [1.82, 2.24) is 10.6 Å². The zero-order valence-corrected chi connectivity index (χ0v) is 26.4. The Labute approximate surface area is 257 Å². The van der Waals surface area contributed by atoms with Gasteiger partial charge in [0.1, 0.15) is 18.1 Å². The predicted molar refractivity (Wildman–Crippen MR) is 169 cm³/mol. The van der Waals surface area contributed by atoms with Crippen LogP contribution in [-0.2, 0) is 25.6 Å². The molecule has 2 aromatic rings. The smallest absolute Gasteiger partial charge is 0.222 e. The first kappa shape index (κ1) is 33.1. The summed E-state index contributed by atoms with van der Waals surface area (Å²) in [7, 11) is 5.17. The molecule has 4 atom stereocenters. The molecule has 0 aromatic heterocycles. The minimum Gasteiger partial charge on any atom is -0.494 e. The molecule has 9 heteroatoms. The van der Waals surface area contributed by atoms with Crippen LogP contribution in [0.25, 0.3) is 0 Å². The number of amides is 1. The van der Waals surface area contributed by atoms with Crippen molar-refractivity contribution in [3.8, 4) is 11.5 Å². The van der Waals surface area contributed by atoms with Gasteiger partial charge in [-0.2, -0.15) is 0 Å². The van der Waals surface area contributed by atoms with E-state index in [4.69, 9.17) is 23.7 Å². The highest BCUT2D eigenvalue weighted by Gasteiger charge is 2.34. The third-order valence-electron chi connectivity index (χ3n) is 8.57. The largest absolute Gasteiger partial charge is 0.494 e. The van der Waals surface area contributed by atoms with Crippen molar-refractivity contribution in [2.24, 2.45) is 5.92 Å². The van der Waals surface area contributed by atoms with E-state index in [-0.39, 0.29) is 29.9 Å². The first-order chi connectivity index (χ1) is 21.1. The molecule has 1 saturated heterocycles. The van der Waals surface area contributed by atoms with E-state index in [1.54, 1.807) is 21.3 Å². The SMILES string of the molecule is CC[C@@H](C[C@@H]1C[C@H](c2ccc(OCCCOC)cc2)[C@@H](OCc2ccc3c(c2)N(CCCOC)CCO3)CN1)C(=O)NC. The molecule has 0 aliphatic carbocycles. The third-order valence-corrected chi connectivity index (χ3v) is 8.57. The molecule has 1 amide bonds. The average molecular weight is 598 g/mol. The maximum atomic E-state index is 12.5. The Morgan fingerprint density at radius 3 is 2.63 bits per heavy atom. The fourth-order valence-electron chi connectivity index (χ4n) is 6.13. The highest BCUT2D eigenvalue weighted by Crippen LogP contribution is 2.36. The van der Waals surface area contributed by atoms with Crippen LogP contribution in [0.2, 0.25) is 0 Å². The number of nitrogens with one attached hydrogen (secondary N) is 2. The topological polar surface area (TPSA) is 90.5 Å². The number of anilines is 1. The molecule has 0 radical (unpaired) electrons. The van der Waals surface area contributed by atoms with E-state index in [9.17, 15) is 4.79 Å². The number of hydrogen-bond donors (Lipinski definition) is 2. The van der Waals surface area contributed by atoms with Crippen LogP contribution in [0.5, 0.6) is 11.5 Å². The number of nitrogens with zero attached hydrogens (tertiary/aromatic N) is 1. The van der Waals surface area contributed by atoms with E-state index >= 15 is 0 Å². The van der Waals surface area contributed by atoms with Gasteiger partial charge in [-0.25, -0.2) is 0 Å². The lowest BCUT2D eigenvalue weighted by atomic mass is 9.81. The first-order valence-electron chi connectivity index (χ1n) is 15.8. The summed E-state index contributed by atoms with van der Waals surface area (Å²) in [5.41, 5.74) is 3.49. The summed E-state index contributed by atoms with van der Waals surface area (Å²) >= 11 is 0. The molecule has 2 aromatic carbocycles. The van der Waals surface area contributed by atoms with Gasteiger partial charge in [0.25, 0.3) is 0 Å². The second-order valence-corrected chi connectivity index (χ2v) is 11.5. The molecular weight excluding hydrogens is 546 g/mol. The van der Waals surface area contributed by atoms with Crippen molar-refractivity contribution in [1.29, 1.82) is 0 Å². The van der Waals surface area contributed by atoms with Crippen LogP contribution in [-0.4, -0.2) is 85.4 Å². The molecular formula is C34H51N3O6. The Kier molecular flexibility index (Phi) is 13.4. The number of carbonyl (C=O) groups is 1. The summed E-state index contributed by atoms with van der Waals surface area (Å²) in [4.78, 5) is 14.8. The van der Waals surface area contributed by atoms with E-state index < -0.39 is 0 Å². The maximum Gasteiger partial charge on any atom is 0.222 e. The van der Waals surface area contributed by atoms with Crippen LogP contribution in [0.15, 0.2) is 42.5 Å². The summed E-state index contributed by atoms with van der Waals surface area (Å²) in [5.74, 6) is 2.09. The molecule has 0 spiro atoms. The average Bonchev–Trinajstić information content (AvgIpc) is 3.05. The maximum absolute atomic E-state index is 12.5. The minimum absolute atomic E-state index is 0.00473. The molecule has 9 nitrogen and oxygen atoms in total. The lowest BCUT2D eigenvalue weighted by Gasteiger charge is -2.38. The predicted octanol–water partition coefficient (Wildman–Crippen LogP) is 4.53. The van der Waals surface area contributed by atoms with Crippen LogP contribution in [0, 0.1) is 5.92 Å². The number of hydrogen-bond acceptors (Lipinski definition) is 8. The minimum atomic E-state index is -0.00644. The van der Waals surface area contributed by atoms with E-state index in [2.05, 4.69) is 64.9 Å². The monoisotopic (exact) mass is 597 g/mol. The Bertz CT molecular complexity index is 1110. The summed E-state index contributed by atoms with van der Waals surface area (Å²) in [6, 6.07) is 15.1. The Morgan fingerprint density at radius 2 is 1.88 bits per heavy atom. The van der Waals surface area contributed by atoms with Gasteiger partial charge < -0.3 is 39.2 Å². The summed E-state index contributed by atoms with van der Waals surface area (Å²) in [6.45, 7) is 7.89. The molecule has 0 bridgehead atoms. The fourth-order valence-corrected chi connectivity index (χ4v) is 6.13. The lowest BCUT2D eigenvalue weighted by molar-refractivity contribution is -0.125. The fraction of sp³-hybridized carbons (Fsp3) is 0.618. The van der Waals surface area contributed by atoms with Crippen LogP contribution < -0.4 is 25.0 Å². The summed E-state index contributed by atoms with van der Waals surface area (Å²) in [6.07, 6.45) is 4.36. The van der Waals surface area contributed by atoms with Crippen molar-refractivity contribution >= 4 is 11.6 Å². The zero-order chi connectivity index (χ0) is 30.4. The van der Waals surface area contributed by atoms with Crippen molar-refractivity contribution in [3.63, 3.8) is 0 Å². The number of ether oxygens (including phenoxy) is 5. The molecule has 2 aliphatic heterocycles. The molecule has 0 unspecified atom stereocenters. The Morgan fingerprint density at radius 1 is 1.09 bits per heavy atom. The van der Waals surface area contributed by atoms with E-state index in [1.807, 2.05) is 0 Å². The van der Waals surface area contributed by atoms with Gasteiger partial charge in [0.2, 0.25) is 5.91 Å². The molecule has 2 N–H and O–H groups in total. The van der Waals surface area contributed by atoms with Crippen LogP contribution in [0.1, 0.15) is 56.1 Å². The van der Waals surface area contributed by atoms with Crippen molar-refractivity contribution < 1.29 is 28.5 Å². The second-order valence-electron chi connectivity index (χ2n) is 11.5. The van der Waals surface area contributed by atoms with Gasteiger partial charge in [-0.3, -0.25) is 4.79 Å². The molecule has 2 heterocycles. The van der Waals surface area contributed by atoms with E-state index in [1.165, 1.54) is 5.56 Å². The molecule has 43 heavy (non-hydrogen) atoms. The molecule has 0 saturated carbocycles. The number of methoxy groups -OCH3 is 2. The highest BCUT2D eigenvalue weighted by atomic mass is 16.5. The third kappa shape index (κ3) is 9.57. The number of carbonyl (C=O) groups excluding carboxylic acids is 1. The first-order valence-corrected chi connectivity index (χ1v) is 15.8. The van der Waals surface area contributed by atoms with Crippen molar-refractivity contribution in [3.05, 3.63) is 53.6 Å². The van der Waals surface area contributed by atoms with Crippen LogP contribution >= 0.6 is 0 Å². The van der Waals surface area contributed by atoms with Gasteiger partial charge in [0.05, 0.1) is 31.5 Å². The second kappa shape index (κ2) is 17.4. The molecule has 4 rings (SSSR count). The van der Waals surface area contributed by atoms with Crippen LogP contribution in [0.4, 0.5) is 5.69 Å². The number of piperidine rings is 1. The van der Waals surface area contributed by atoms with Gasteiger partial charge in [-0.05, 0) is 61.1 Å². The van der Waals surface area contributed by atoms with Gasteiger partial charge >= 0.3 is 0 Å². The standard InChI is InChI=1S/C34H51N3O6/c1-5-26(34(38)35-2)21-28-22-30(27-9-11-29(12-10-27)41-18-7-17-40-4)33(23-36-28)43-24-25-8-13-32-31(20-25)37(15-19-42-32)14-6-16-39-3/h8-13,20,26,28,30,33,36H,5-7,14-19,21-24H2,1-4H3,(H,35,38)/t26-,28+,30+,33-/m0/s1. The number of rotatable bonds is 17. The summed E-state index contributed by atoms with van der Waals surface area (Å²) in [5, 5.41) is 6.54. The quantitative estimate of drug-likeness (QED) is 0.257. The zero-order valence-electron chi connectivity index (χ0n) is 26.4. The van der Waals surface area contributed by atoms with E-state index in [0.29, 0.717) is 26.4 Å². The normalized spacial score (nSPS) is 20.7. The number of fused-ring (bicyclic) bond motifs is 1. The van der Waals surface area contributed by atoms with E-state index in [0.717, 1.165) is 81.1 Å². The van der Waals surface area contributed by atoms with Gasteiger partial charge in [-0.1, -0.05) is 25.1 Å². The van der Waals surface area contributed by atoms with Gasteiger partial charge in [-0.15, -0.1) is 0 Å². The lowest BCUT2D eigenvalue weighted by Crippen LogP contribution is -2.48. The van der Waals surface area contributed by atoms with Gasteiger partial charge in [0, 0.05) is 71.9 Å².